The van der Waals surface area contributed by atoms with Gasteiger partial charge < -0.3 is 5.73 Å². The number of anilines is 1. The molecule has 0 spiro atoms. The van der Waals surface area contributed by atoms with Gasteiger partial charge in [0.15, 0.2) is 0 Å². The summed E-state index contributed by atoms with van der Waals surface area (Å²) in [6, 6.07) is 6.11. The number of benzene rings is 1. The summed E-state index contributed by atoms with van der Waals surface area (Å²) in [4.78, 5) is 11.4. The van der Waals surface area contributed by atoms with E-state index < -0.39 is 22.0 Å². The summed E-state index contributed by atoms with van der Waals surface area (Å²) in [5, 5.41) is 0. The molecule has 0 bridgehead atoms. The molecule has 1 atom stereocenters. The first-order valence-electron chi connectivity index (χ1n) is 5.62. The molecule has 0 unspecified atom stereocenters. The Morgan fingerprint density at radius 2 is 2.06 bits per heavy atom. The zero-order valence-electron chi connectivity index (χ0n) is 10.8. The summed E-state index contributed by atoms with van der Waals surface area (Å²) >= 11 is 0. The van der Waals surface area contributed by atoms with Crippen LogP contribution >= 0.6 is 0 Å². The summed E-state index contributed by atoms with van der Waals surface area (Å²) in [5.41, 5.74) is 6.65. The van der Waals surface area contributed by atoms with Gasteiger partial charge in [-0.2, -0.15) is 0 Å². The van der Waals surface area contributed by atoms with Crippen LogP contribution in [0.15, 0.2) is 24.3 Å². The van der Waals surface area contributed by atoms with E-state index >= 15 is 0 Å². The maximum atomic E-state index is 11.9. The van der Waals surface area contributed by atoms with Crippen LogP contribution in [-0.4, -0.2) is 26.6 Å². The van der Waals surface area contributed by atoms with Crippen molar-refractivity contribution in [2.45, 2.75) is 26.3 Å². The molecule has 2 N–H and O–H groups in total. The minimum atomic E-state index is -3.56. The third-order valence-corrected chi connectivity index (χ3v) is 3.79. The van der Waals surface area contributed by atoms with E-state index in [0.29, 0.717) is 12.1 Å². The normalized spacial score (nSPS) is 13.1. The minimum Gasteiger partial charge on any atom is -0.368 e. The van der Waals surface area contributed by atoms with E-state index in [2.05, 4.69) is 0 Å². The molecule has 0 radical (unpaired) electrons. The predicted octanol–water partition coefficient (Wildman–Crippen LogP) is 1.02. The molecular weight excluding hydrogens is 252 g/mol. The Bertz CT molecular complexity index is 540. The highest BCUT2D eigenvalue weighted by atomic mass is 32.2. The molecule has 0 aliphatic rings. The second-order valence-corrected chi connectivity index (χ2v) is 6.08. The van der Waals surface area contributed by atoms with Crippen LogP contribution in [0.25, 0.3) is 0 Å². The monoisotopic (exact) mass is 270 g/mol. The SMILES string of the molecule is CC[C@@H](C(N)=O)N(c1cccc(C)c1)S(C)(=O)=O. The van der Waals surface area contributed by atoms with Crippen LogP contribution in [-0.2, 0) is 14.8 Å². The average Bonchev–Trinajstić information content (AvgIpc) is 2.23. The zero-order valence-corrected chi connectivity index (χ0v) is 11.6. The van der Waals surface area contributed by atoms with Crippen molar-refractivity contribution in [2.24, 2.45) is 5.73 Å². The maximum Gasteiger partial charge on any atom is 0.241 e. The summed E-state index contributed by atoms with van der Waals surface area (Å²) in [7, 11) is -3.56. The lowest BCUT2D eigenvalue weighted by atomic mass is 10.1. The molecule has 0 aliphatic heterocycles. The smallest absolute Gasteiger partial charge is 0.241 e. The van der Waals surface area contributed by atoms with Crippen molar-refractivity contribution in [3.05, 3.63) is 29.8 Å². The van der Waals surface area contributed by atoms with Crippen molar-refractivity contribution in [2.75, 3.05) is 10.6 Å². The van der Waals surface area contributed by atoms with Crippen LogP contribution in [0.5, 0.6) is 0 Å². The fourth-order valence-electron chi connectivity index (χ4n) is 1.85. The lowest BCUT2D eigenvalue weighted by molar-refractivity contribution is -0.119. The van der Waals surface area contributed by atoms with Crippen LogP contribution < -0.4 is 10.0 Å². The number of primary amides is 1. The van der Waals surface area contributed by atoms with E-state index in [4.69, 9.17) is 5.73 Å². The van der Waals surface area contributed by atoms with Crippen molar-refractivity contribution < 1.29 is 13.2 Å². The van der Waals surface area contributed by atoms with Crippen molar-refractivity contribution in [1.82, 2.24) is 0 Å². The molecule has 18 heavy (non-hydrogen) atoms. The Morgan fingerprint density at radius 1 is 1.44 bits per heavy atom. The number of amides is 1. The number of carbonyl (C=O) groups excluding carboxylic acids is 1. The highest BCUT2D eigenvalue weighted by Gasteiger charge is 2.29. The number of carbonyl (C=O) groups is 1. The number of sulfonamides is 1. The van der Waals surface area contributed by atoms with Gasteiger partial charge >= 0.3 is 0 Å². The summed E-state index contributed by atoms with van der Waals surface area (Å²) < 4.78 is 24.8. The largest absolute Gasteiger partial charge is 0.368 e. The Kier molecular flexibility index (Phi) is 4.34. The van der Waals surface area contributed by atoms with Gasteiger partial charge in [-0.15, -0.1) is 0 Å². The Balaban J connectivity index is 3.35. The molecule has 0 fully saturated rings. The Labute approximate surface area is 108 Å². The van der Waals surface area contributed by atoms with Crippen molar-refractivity contribution in [3.63, 3.8) is 0 Å². The molecule has 0 saturated heterocycles. The quantitative estimate of drug-likeness (QED) is 0.867. The summed E-state index contributed by atoms with van der Waals surface area (Å²) in [6.07, 6.45) is 1.40. The van der Waals surface area contributed by atoms with Crippen molar-refractivity contribution in [1.29, 1.82) is 0 Å². The number of nitrogens with zero attached hydrogens (tertiary/aromatic N) is 1. The van der Waals surface area contributed by atoms with Gasteiger partial charge in [-0.1, -0.05) is 19.1 Å². The lowest BCUT2D eigenvalue weighted by Crippen LogP contribution is -2.47. The topological polar surface area (TPSA) is 80.5 Å². The minimum absolute atomic E-state index is 0.330. The molecule has 5 nitrogen and oxygen atoms in total. The predicted molar refractivity (Wildman–Crippen MR) is 71.8 cm³/mol. The highest BCUT2D eigenvalue weighted by Crippen LogP contribution is 2.22. The number of aryl methyl sites for hydroxylation is 1. The first-order valence-corrected chi connectivity index (χ1v) is 7.47. The first-order chi connectivity index (χ1) is 8.27. The van der Waals surface area contributed by atoms with E-state index in [1.165, 1.54) is 0 Å². The number of nitrogens with two attached hydrogens (primary N) is 1. The molecule has 1 aromatic carbocycles. The fraction of sp³-hybridized carbons (Fsp3) is 0.417. The van der Waals surface area contributed by atoms with E-state index in [9.17, 15) is 13.2 Å². The lowest BCUT2D eigenvalue weighted by Gasteiger charge is -2.28. The number of hydrogen-bond acceptors (Lipinski definition) is 3. The van der Waals surface area contributed by atoms with Crippen LogP contribution in [0.2, 0.25) is 0 Å². The van der Waals surface area contributed by atoms with E-state index in [1.807, 2.05) is 13.0 Å². The third-order valence-electron chi connectivity index (χ3n) is 2.61. The summed E-state index contributed by atoms with van der Waals surface area (Å²) in [6.45, 7) is 3.58. The second-order valence-electron chi connectivity index (χ2n) is 4.22. The van der Waals surface area contributed by atoms with Gasteiger partial charge in [-0.25, -0.2) is 8.42 Å². The number of hydrogen-bond donors (Lipinski definition) is 1. The maximum absolute atomic E-state index is 11.9. The molecule has 6 heteroatoms. The average molecular weight is 270 g/mol. The fourth-order valence-corrected chi connectivity index (χ4v) is 3.06. The molecule has 1 amide bonds. The van der Waals surface area contributed by atoms with Crippen LogP contribution in [0.1, 0.15) is 18.9 Å². The van der Waals surface area contributed by atoms with Gasteiger partial charge in [0.05, 0.1) is 11.9 Å². The molecule has 0 aromatic heterocycles. The highest BCUT2D eigenvalue weighted by molar-refractivity contribution is 7.92. The summed E-state index contributed by atoms with van der Waals surface area (Å²) in [5.74, 6) is -0.649. The standard InChI is InChI=1S/C12H18N2O3S/c1-4-11(12(13)15)14(18(3,16)17)10-7-5-6-9(2)8-10/h5-8,11H,4H2,1-3H3,(H2,13,15)/t11-/m0/s1. The molecule has 100 valence electrons. The second kappa shape index (κ2) is 5.39. The van der Waals surface area contributed by atoms with Gasteiger partial charge in [0.2, 0.25) is 15.9 Å². The molecule has 1 rings (SSSR count). The molecular formula is C12H18N2O3S. The van der Waals surface area contributed by atoms with Crippen LogP contribution in [0, 0.1) is 6.92 Å². The van der Waals surface area contributed by atoms with Gasteiger partial charge in [0.1, 0.15) is 6.04 Å². The number of rotatable bonds is 5. The van der Waals surface area contributed by atoms with Crippen LogP contribution in [0.3, 0.4) is 0 Å². The Hall–Kier alpha value is -1.56. The molecule has 0 heterocycles. The van der Waals surface area contributed by atoms with Crippen molar-refractivity contribution in [3.8, 4) is 0 Å². The first kappa shape index (κ1) is 14.5. The molecule has 0 saturated carbocycles. The van der Waals surface area contributed by atoms with Gasteiger partial charge in [-0.05, 0) is 31.0 Å². The molecule has 1 aromatic rings. The van der Waals surface area contributed by atoms with E-state index in [-0.39, 0.29) is 0 Å². The van der Waals surface area contributed by atoms with Gasteiger partial charge in [0, 0.05) is 0 Å². The van der Waals surface area contributed by atoms with E-state index in [0.717, 1.165) is 16.1 Å². The third kappa shape index (κ3) is 3.22. The van der Waals surface area contributed by atoms with Gasteiger partial charge in [-0.3, -0.25) is 9.10 Å². The van der Waals surface area contributed by atoms with Crippen LogP contribution in [0.4, 0.5) is 5.69 Å². The van der Waals surface area contributed by atoms with Crippen molar-refractivity contribution >= 4 is 21.6 Å². The zero-order chi connectivity index (χ0) is 13.9. The van der Waals surface area contributed by atoms with E-state index in [1.54, 1.807) is 25.1 Å². The molecule has 0 aliphatic carbocycles. The Morgan fingerprint density at radius 3 is 2.44 bits per heavy atom. The van der Waals surface area contributed by atoms with Gasteiger partial charge in [0.25, 0.3) is 0 Å².